The summed E-state index contributed by atoms with van der Waals surface area (Å²) in [4.78, 5) is 25.7. The number of benzene rings is 1. The summed E-state index contributed by atoms with van der Waals surface area (Å²) in [6.07, 6.45) is 2.78. The number of rotatable bonds is 7. The molecule has 2 rings (SSSR count). The van der Waals surface area contributed by atoms with Crippen LogP contribution in [0.15, 0.2) is 18.2 Å². The molecule has 1 fully saturated rings. The van der Waals surface area contributed by atoms with Crippen molar-refractivity contribution in [2.24, 2.45) is 5.92 Å². The van der Waals surface area contributed by atoms with Gasteiger partial charge in [-0.25, -0.2) is 8.42 Å². The maximum atomic E-state index is 12.4. The fourth-order valence-corrected chi connectivity index (χ4v) is 4.61. The van der Waals surface area contributed by atoms with E-state index in [-0.39, 0.29) is 35.8 Å². The minimum atomic E-state index is -3.59. The second kappa shape index (κ2) is 9.80. The summed E-state index contributed by atoms with van der Waals surface area (Å²) in [6, 6.07) is 4.60. The summed E-state index contributed by atoms with van der Waals surface area (Å²) >= 11 is 12.1. The third-order valence-electron chi connectivity index (χ3n) is 4.71. The van der Waals surface area contributed by atoms with Crippen LogP contribution in [-0.2, 0) is 24.3 Å². The number of sulfonamides is 1. The predicted molar refractivity (Wildman–Crippen MR) is 109 cm³/mol. The van der Waals surface area contributed by atoms with Crippen molar-refractivity contribution in [2.45, 2.75) is 25.7 Å². The minimum Gasteiger partial charge on any atom is -0.469 e. The molecule has 0 spiro atoms. The minimum absolute atomic E-state index is 0.0612. The zero-order chi connectivity index (χ0) is 20.9. The number of methoxy groups -OCH3 is 1. The van der Waals surface area contributed by atoms with Gasteiger partial charge in [-0.2, -0.15) is 0 Å². The Labute approximate surface area is 175 Å². The fraction of sp³-hybridized carbons (Fsp3) is 0.556. The number of nitrogens with zero attached hydrogens (tertiary/aromatic N) is 2. The maximum absolute atomic E-state index is 12.4. The van der Waals surface area contributed by atoms with Crippen molar-refractivity contribution in [1.29, 1.82) is 0 Å². The molecule has 0 aromatic heterocycles. The average molecular weight is 451 g/mol. The van der Waals surface area contributed by atoms with Crippen molar-refractivity contribution in [1.82, 2.24) is 4.90 Å². The normalized spacial score (nSPS) is 15.4. The van der Waals surface area contributed by atoms with E-state index in [4.69, 9.17) is 27.9 Å². The Hall–Kier alpha value is -1.51. The lowest BCUT2D eigenvalue weighted by Gasteiger charge is -2.31. The van der Waals surface area contributed by atoms with E-state index in [9.17, 15) is 18.0 Å². The highest BCUT2D eigenvalue weighted by atomic mass is 35.5. The molecule has 156 valence electrons. The maximum Gasteiger partial charge on any atom is 0.308 e. The Bertz CT molecular complexity index is 823. The molecule has 0 saturated carbocycles. The standard InChI is InChI=1S/C18H24Cl2N2O5S/c1-27-18(24)13-7-10-21(11-8-13)17(23)4-3-9-22(28(2,25)26)16-12-14(19)5-6-15(16)20/h5-6,12-13H,3-4,7-11H2,1-2H3. The van der Waals surface area contributed by atoms with Crippen molar-refractivity contribution in [3.63, 3.8) is 0 Å². The Morgan fingerprint density at radius 2 is 1.89 bits per heavy atom. The van der Waals surface area contributed by atoms with Crippen molar-refractivity contribution >= 4 is 50.8 Å². The Kier molecular flexibility index (Phi) is 7.97. The van der Waals surface area contributed by atoms with E-state index in [2.05, 4.69) is 0 Å². The number of esters is 1. The summed E-state index contributed by atoms with van der Waals surface area (Å²) in [5.74, 6) is -0.469. The Balaban J connectivity index is 1.93. The van der Waals surface area contributed by atoms with Gasteiger partial charge in [-0.1, -0.05) is 23.2 Å². The second-order valence-corrected chi connectivity index (χ2v) is 9.46. The molecule has 1 amide bonds. The van der Waals surface area contributed by atoms with Gasteiger partial charge in [0.1, 0.15) is 0 Å². The number of anilines is 1. The molecular formula is C18H24Cl2N2O5S. The molecule has 28 heavy (non-hydrogen) atoms. The summed E-state index contributed by atoms with van der Waals surface area (Å²) in [5.41, 5.74) is 0.294. The molecule has 0 unspecified atom stereocenters. The molecular weight excluding hydrogens is 427 g/mol. The van der Waals surface area contributed by atoms with Gasteiger partial charge >= 0.3 is 5.97 Å². The second-order valence-electron chi connectivity index (χ2n) is 6.71. The van der Waals surface area contributed by atoms with Gasteiger partial charge in [0.15, 0.2) is 0 Å². The lowest BCUT2D eigenvalue weighted by atomic mass is 9.97. The van der Waals surface area contributed by atoms with Crippen LogP contribution in [0.4, 0.5) is 5.69 Å². The van der Waals surface area contributed by atoms with Gasteiger partial charge in [0.25, 0.3) is 0 Å². The number of halogens is 2. The number of amides is 1. The van der Waals surface area contributed by atoms with Crippen molar-refractivity contribution in [3.05, 3.63) is 28.2 Å². The number of piperidine rings is 1. The molecule has 0 atom stereocenters. The van der Waals surface area contributed by atoms with E-state index < -0.39 is 10.0 Å². The molecule has 1 heterocycles. The van der Waals surface area contributed by atoms with E-state index in [0.29, 0.717) is 43.1 Å². The van der Waals surface area contributed by atoms with E-state index in [1.54, 1.807) is 11.0 Å². The molecule has 1 aliphatic rings. The van der Waals surface area contributed by atoms with Crippen LogP contribution in [0.5, 0.6) is 0 Å². The third-order valence-corrected chi connectivity index (χ3v) is 6.45. The topological polar surface area (TPSA) is 84.0 Å². The predicted octanol–water partition coefficient (Wildman–Crippen LogP) is 2.95. The average Bonchev–Trinajstić information content (AvgIpc) is 2.65. The van der Waals surface area contributed by atoms with Crippen LogP contribution in [0.2, 0.25) is 10.0 Å². The Morgan fingerprint density at radius 3 is 2.46 bits per heavy atom. The van der Waals surface area contributed by atoms with Gasteiger partial charge in [-0.15, -0.1) is 0 Å². The SMILES string of the molecule is COC(=O)C1CCN(C(=O)CCCN(c2cc(Cl)ccc2Cl)S(C)(=O)=O)CC1. The van der Waals surface area contributed by atoms with Crippen LogP contribution < -0.4 is 4.31 Å². The number of hydrogen-bond donors (Lipinski definition) is 0. The molecule has 0 radical (unpaired) electrons. The molecule has 7 nitrogen and oxygen atoms in total. The first-order valence-corrected chi connectivity index (χ1v) is 11.5. The number of carbonyl (C=O) groups is 2. The van der Waals surface area contributed by atoms with Gasteiger partial charge < -0.3 is 9.64 Å². The summed E-state index contributed by atoms with van der Waals surface area (Å²) < 4.78 is 30.3. The first kappa shape index (κ1) is 22.8. The van der Waals surface area contributed by atoms with Gasteiger partial charge in [-0.05, 0) is 37.5 Å². The van der Waals surface area contributed by atoms with E-state index in [1.165, 1.54) is 19.2 Å². The highest BCUT2D eigenvalue weighted by Crippen LogP contribution is 2.31. The summed E-state index contributed by atoms with van der Waals surface area (Å²) in [5, 5.41) is 0.642. The van der Waals surface area contributed by atoms with Crippen molar-refractivity contribution in [3.8, 4) is 0 Å². The number of likely N-dealkylation sites (tertiary alicyclic amines) is 1. The zero-order valence-corrected chi connectivity index (χ0v) is 18.2. The van der Waals surface area contributed by atoms with Gasteiger partial charge in [-0.3, -0.25) is 13.9 Å². The summed E-state index contributed by atoms with van der Waals surface area (Å²) in [6.45, 7) is 1.10. The van der Waals surface area contributed by atoms with Crippen LogP contribution in [-0.4, -0.2) is 58.2 Å². The van der Waals surface area contributed by atoms with Crippen LogP contribution in [0.1, 0.15) is 25.7 Å². The number of ether oxygens (including phenoxy) is 1. The third kappa shape index (κ3) is 5.99. The number of hydrogen-bond acceptors (Lipinski definition) is 5. The molecule has 1 aliphatic heterocycles. The molecule has 1 aromatic rings. The molecule has 1 saturated heterocycles. The van der Waals surface area contributed by atoms with Gasteiger partial charge in [0.2, 0.25) is 15.9 Å². The quantitative estimate of drug-likeness (QED) is 0.596. The monoisotopic (exact) mass is 450 g/mol. The molecule has 0 aliphatic carbocycles. The van der Waals surface area contributed by atoms with E-state index in [0.717, 1.165) is 10.6 Å². The van der Waals surface area contributed by atoms with Crippen LogP contribution in [0.3, 0.4) is 0 Å². The zero-order valence-electron chi connectivity index (χ0n) is 15.9. The van der Waals surface area contributed by atoms with Crippen LogP contribution in [0, 0.1) is 5.92 Å². The van der Waals surface area contributed by atoms with Crippen LogP contribution in [0.25, 0.3) is 0 Å². The van der Waals surface area contributed by atoms with E-state index >= 15 is 0 Å². The molecule has 0 bridgehead atoms. The van der Waals surface area contributed by atoms with E-state index in [1.807, 2.05) is 0 Å². The lowest BCUT2D eigenvalue weighted by molar-refractivity contribution is -0.148. The molecule has 0 N–H and O–H groups in total. The number of carbonyl (C=O) groups excluding carboxylic acids is 2. The fourth-order valence-electron chi connectivity index (χ4n) is 3.21. The van der Waals surface area contributed by atoms with Crippen molar-refractivity contribution in [2.75, 3.05) is 37.3 Å². The molecule has 10 heteroatoms. The highest BCUT2D eigenvalue weighted by Gasteiger charge is 2.28. The summed E-state index contributed by atoms with van der Waals surface area (Å²) in [7, 11) is -2.23. The smallest absolute Gasteiger partial charge is 0.308 e. The van der Waals surface area contributed by atoms with Gasteiger partial charge in [0.05, 0.1) is 30.0 Å². The highest BCUT2D eigenvalue weighted by molar-refractivity contribution is 7.92. The Morgan fingerprint density at radius 1 is 1.25 bits per heavy atom. The van der Waals surface area contributed by atoms with Crippen LogP contribution >= 0.6 is 23.2 Å². The first-order valence-electron chi connectivity index (χ1n) is 8.92. The van der Waals surface area contributed by atoms with Gasteiger partial charge in [0, 0.05) is 31.1 Å². The molecule has 1 aromatic carbocycles. The van der Waals surface area contributed by atoms with Crippen molar-refractivity contribution < 1.29 is 22.7 Å². The largest absolute Gasteiger partial charge is 0.469 e. The lowest BCUT2D eigenvalue weighted by Crippen LogP contribution is -2.40. The first-order chi connectivity index (χ1) is 13.1.